The molecule has 0 amide bonds. The van der Waals surface area contributed by atoms with Gasteiger partial charge in [-0.05, 0) is 32.3 Å². The average molecular weight is 257 g/mol. The summed E-state index contributed by atoms with van der Waals surface area (Å²) >= 11 is 1.85. The molecule has 0 N–H and O–H groups in total. The van der Waals surface area contributed by atoms with Crippen LogP contribution < -0.4 is 0 Å². The van der Waals surface area contributed by atoms with Crippen LogP contribution in [0.3, 0.4) is 0 Å². The molecule has 0 atom stereocenters. The van der Waals surface area contributed by atoms with Crippen molar-refractivity contribution in [1.82, 2.24) is 4.98 Å². The van der Waals surface area contributed by atoms with E-state index in [0.29, 0.717) is 5.92 Å². The topological polar surface area (TPSA) is 12.9 Å². The SMILES string of the molecule is Cc1ccc(-c2sc(C)nc2C2CCCC2)cc1. The first kappa shape index (κ1) is 11.9. The van der Waals surface area contributed by atoms with E-state index in [1.54, 1.807) is 0 Å². The lowest BCUT2D eigenvalue weighted by Crippen LogP contribution is -1.95. The third kappa shape index (κ3) is 2.22. The van der Waals surface area contributed by atoms with Crippen LogP contribution in [0.25, 0.3) is 10.4 Å². The number of aryl methyl sites for hydroxylation is 2. The molecule has 1 heterocycles. The molecule has 0 aliphatic heterocycles. The van der Waals surface area contributed by atoms with Crippen molar-refractivity contribution in [3.8, 4) is 10.4 Å². The first-order valence-electron chi connectivity index (χ1n) is 6.78. The number of thiazole rings is 1. The molecule has 1 fully saturated rings. The van der Waals surface area contributed by atoms with Gasteiger partial charge in [-0.2, -0.15) is 0 Å². The molecule has 0 unspecified atom stereocenters. The van der Waals surface area contributed by atoms with E-state index in [1.165, 1.54) is 52.4 Å². The maximum atomic E-state index is 4.81. The number of nitrogens with zero attached hydrogens (tertiary/aromatic N) is 1. The first-order valence-corrected chi connectivity index (χ1v) is 7.60. The lowest BCUT2D eigenvalue weighted by molar-refractivity contribution is 0.703. The van der Waals surface area contributed by atoms with Gasteiger partial charge in [0.1, 0.15) is 0 Å². The van der Waals surface area contributed by atoms with Crippen LogP contribution in [-0.4, -0.2) is 4.98 Å². The molecule has 1 aromatic carbocycles. The van der Waals surface area contributed by atoms with Crippen LogP contribution in [0, 0.1) is 13.8 Å². The van der Waals surface area contributed by atoms with Crippen molar-refractivity contribution >= 4 is 11.3 Å². The summed E-state index contributed by atoms with van der Waals surface area (Å²) in [6, 6.07) is 8.87. The molecule has 0 bridgehead atoms. The second-order valence-electron chi connectivity index (χ2n) is 5.29. The van der Waals surface area contributed by atoms with Gasteiger partial charge < -0.3 is 0 Å². The molecule has 18 heavy (non-hydrogen) atoms. The molecule has 3 rings (SSSR count). The van der Waals surface area contributed by atoms with E-state index >= 15 is 0 Å². The maximum Gasteiger partial charge on any atom is 0.0904 e. The van der Waals surface area contributed by atoms with Gasteiger partial charge in [-0.15, -0.1) is 11.3 Å². The molecule has 2 heteroatoms. The fraction of sp³-hybridized carbons (Fsp3) is 0.438. The van der Waals surface area contributed by atoms with Crippen molar-refractivity contribution in [3.63, 3.8) is 0 Å². The molecular weight excluding hydrogens is 238 g/mol. The summed E-state index contributed by atoms with van der Waals surface area (Å²) in [7, 11) is 0. The van der Waals surface area contributed by atoms with Crippen molar-refractivity contribution in [1.29, 1.82) is 0 Å². The van der Waals surface area contributed by atoms with E-state index < -0.39 is 0 Å². The van der Waals surface area contributed by atoms with Gasteiger partial charge in [0.2, 0.25) is 0 Å². The van der Waals surface area contributed by atoms with Gasteiger partial charge in [-0.25, -0.2) is 4.98 Å². The summed E-state index contributed by atoms with van der Waals surface area (Å²) < 4.78 is 0. The number of aromatic nitrogens is 1. The van der Waals surface area contributed by atoms with Crippen molar-refractivity contribution in [2.24, 2.45) is 0 Å². The number of benzene rings is 1. The fourth-order valence-corrected chi connectivity index (χ4v) is 3.84. The van der Waals surface area contributed by atoms with E-state index in [1.807, 2.05) is 11.3 Å². The van der Waals surface area contributed by atoms with Gasteiger partial charge in [0.05, 0.1) is 15.6 Å². The average Bonchev–Trinajstić information content (AvgIpc) is 2.98. The Bertz CT molecular complexity index is 533. The molecule has 1 aliphatic carbocycles. The lowest BCUT2D eigenvalue weighted by atomic mass is 10.00. The molecule has 2 aromatic rings. The summed E-state index contributed by atoms with van der Waals surface area (Å²) in [6.07, 6.45) is 5.38. The van der Waals surface area contributed by atoms with E-state index in [-0.39, 0.29) is 0 Å². The molecule has 1 aromatic heterocycles. The normalized spacial score (nSPS) is 16.3. The minimum Gasteiger partial charge on any atom is -0.246 e. The van der Waals surface area contributed by atoms with Gasteiger partial charge in [-0.3, -0.25) is 0 Å². The summed E-state index contributed by atoms with van der Waals surface area (Å²) in [6.45, 7) is 4.26. The third-order valence-electron chi connectivity index (χ3n) is 3.82. The number of hydrogen-bond acceptors (Lipinski definition) is 2. The highest BCUT2D eigenvalue weighted by Gasteiger charge is 2.23. The Morgan fingerprint density at radius 2 is 1.72 bits per heavy atom. The smallest absolute Gasteiger partial charge is 0.0904 e. The highest BCUT2D eigenvalue weighted by atomic mass is 32.1. The highest BCUT2D eigenvalue weighted by Crippen LogP contribution is 2.41. The van der Waals surface area contributed by atoms with Gasteiger partial charge in [0, 0.05) is 5.92 Å². The van der Waals surface area contributed by atoms with Crippen LogP contribution in [0.1, 0.15) is 47.9 Å². The molecule has 0 saturated heterocycles. The van der Waals surface area contributed by atoms with Crippen LogP contribution in [0.4, 0.5) is 0 Å². The van der Waals surface area contributed by atoms with E-state index in [0.717, 1.165) is 0 Å². The second kappa shape index (κ2) is 4.85. The van der Waals surface area contributed by atoms with Crippen molar-refractivity contribution in [3.05, 3.63) is 40.5 Å². The number of rotatable bonds is 2. The first-order chi connectivity index (χ1) is 8.74. The highest BCUT2D eigenvalue weighted by molar-refractivity contribution is 7.15. The predicted molar refractivity (Wildman–Crippen MR) is 78.2 cm³/mol. The molecule has 1 aliphatic rings. The molecule has 1 saturated carbocycles. The monoisotopic (exact) mass is 257 g/mol. The Kier molecular flexibility index (Phi) is 3.21. The Morgan fingerprint density at radius 1 is 1.06 bits per heavy atom. The van der Waals surface area contributed by atoms with Crippen LogP contribution in [0.5, 0.6) is 0 Å². The van der Waals surface area contributed by atoms with Crippen molar-refractivity contribution in [2.75, 3.05) is 0 Å². The molecule has 0 radical (unpaired) electrons. The molecular formula is C16H19NS. The number of hydrogen-bond donors (Lipinski definition) is 0. The largest absolute Gasteiger partial charge is 0.246 e. The van der Waals surface area contributed by atoms with Crippen LogP contribution in [-0.2, 0) is 0 Å². The fourth-order valence-electron chi connectivity index (χ4n) is 2.83. The molecule has 94 valence electrons. The standard InChI is InChI=1S/C16H19NS/c1-11-7-9-14(10-8-11)16-15(17-12(2)18-16)13-5-3-4-6-13/h7-10,13H,3-6H2,1-2H3. The zero-order chi connectivity index (χ0) is 12.5. The van der Waals surface area contributed by atoms with Gasteiger partial charge in [-0.1, -0.05) is 42.7 Å². The van der Waals surface area contributed by atoms with Crippen molar-refractivity contribution in [2.45, 2.75) is 45.4 Å². The van der Waals surface area contributed by atoms with E-state index in [9.17, 15) is 0 Å². The van der Waals surface area contributed by atoms with Gasteiger partial charge in [0.15, 0.2) is 0 Å². The zero-order valence-corrected chi connectivity index (χ0v) is 11.9. The van der Waals surface area contributed by atoms with Gasteiger partial charge in [0.25, 0.3) is 0 Å². The Labute approximate surface area is 113 Å². The Morgan fingerprint density at radius 3 is 2.39 bits per heavy atom. The molecule has 0 spiro atoms. The summed E-state index contributed by atoms with van der Waals surface area (Å²) in [5, 5.41) is 1.20. The summed E-state index contributed by atoms with van der Waals surface area (Å²) in [5.41, 5.74) is 4.02. The Balaban J connectivity index is 2.02. The van der Waals surface area contributed by atoms with Crippen molar-refractivity contribution < 1.29 is 0 Å². The summed E-state index contributed by atoms with van der Waals surface area (Å²) in [5.74, 6) is 0.700. The Hall–Kier alpha value is -1.15. The van der Waals surface area contributed by atoms with Crippen LogP contribution in [0.2, 0.25) is 0 Å². The predicted octanol–water partition coefficient (Wildman–Crippen LogP) is 5.08. The quantitative estimate of drug-likeness (QED) is 0.730. The van der Waals surface area contributed by atoms with Crippen LogP contribution >= 0.6 is 11.3 Å². The molecule has 1 nitrogen and oxygen atoms in total. The zero-order valence-electron chi connectivity index (χ0n) is 11.1. The lowest BCUT2D eigenvalue weighted by Gasteiger charge is -2.09. The summed E-state index contributed by atoms with van der Waals surface area (Å²) in [4.78, 5) is 6.21. The van der Waals surface area contributed by atoms with E-state index in [2.05, 4.69) is 38.1 Å². The van der Waals surface area contributed by atoms with Crippen LogP contribution in [0.15, 0.2) is 24.3 Å². The minimum atomic E-state index is 0.700. The van der Waals surface area contributed by atoms with Gasteiger partial charge >= 0.3 is 0 Å². The second-order valence-corrected chi connectivity index (χ2v) is 6.50. The third-order valence-corrected chi connectivity index (χ3v) is 4.85. The van der Waals surface area contributed by atoms with E-state index in [4.69, 9.17) is 4.98 Å². The maximum absolute atomic E-state index is 4.81. The minimum absolute atomic E-state index is 0.700.